The van der Waals surface area contributed by atoms with Gasteiger partial charge >= 0.3 is 0 Å². The predicted molar refractivity (Wildman–Crippen MR) is 141 cm³/mol. The first-order valence-electron chi connectivity index (χ1n) is 11.1. The molecule has 168 valence electrons. The van der Waals surface area contributed by atoms with E-state index in [4.69, 9.17) is 4.37 Å². The molecule has 0 unspecified atom stereocenters. The molecule has 5 nitrogen and oxygen atoms in total. The van der Waals surface area contributed by atoms with Crippen LogP contribution in [0.1, 0.15) is 15.9 Å². The molecule has 1 amide bonds. The molecule has 0 radical (unpaired) electrons. The Morgan fingerprint density at radius 3 is 2.55 bits per heavy atom. The van der Waals surface area contributed by atoms with Crippen molar-refractivity contribution < 1.29 is 4.79 Å². The van der Waals surface area contributed by atoms with Gasteiger partial charge in [0.15, 0.2) is 0 Å². The lowest BCUT2D eigenvalue weighted by Crippen LogP contribution is -2.47. The minimum Gasteiger partial charge on any atom is -0.353 e. The van der Waals surface area contributed by atoms with E-state index in [9.17, 15) is 4.79 Å². The maximum atomic E-state index is 12.4. The van der Waals surface area contributed by atoms with E-state index in [0.29, 0.717) is 5.56 Å². The summed E-state index contributed by atoms with van der Waals surface area (Å²) < 4.78 is 6.86. The molecule has 0 spiro atoms. The van der Waals surface area contributed by atoms with E-state index >= 15 is 0 Å². The van der Waals surface area contributed by atoms with Crippen molar-refractivity contribution in [3.63, 3.8) is 0 Å². The lowest BCUT2D eigenvalue weighted by atomic mass is 10.1. The highest BCUT2D eigenvalue weighted by Gasteiger charge is 2.20. The van der Waals surface area contributed by atoms with E-state index in [1.807, 2.05) is 36.4 Å². The Labute approximate surface area is 206 Å². The smallest absolute Gasteiger partial charge is 0.255 e. The third-order valence-corrected chi connectivity index (χ3v) is 7.36. The summed E-state index contributed by atoms with van der Waals surface area (Å²) in [4.78, 5) is 17.4. The van der Waals surface area contributed by atoms with Crippen LogP contribution in [0.15, 0.2) is 77.3 Å². The molecule has 1 fully saturated rings. The molecule has 1 aliphatic heterocycles. The second kappa shape index (κ2) is 10.0. The number of benzene rings is 3. The molecule has 2 heterocycles. The summed E-state index contributed by atoms with van der Waals surface area (Å²) in [5.41, 5.74) is 2.73. The van der Waals surface area contributed by atoms with Gasteiger partial charge in [0.1, 0.15) is 5.82 Å². The van der Waals surface area contributed by atoms with Crippen LogP contribution in [0, 0.1) is 0 Å². The maximum Gasteiger partial charge on any atom is 0.255 e. The Morgan fingerprint density at radius 1 is 0.970 bits per heavy atom. The molecule has 5 rings (SSSR count). The van der Waals surface area contributed by atoms with Gasteiger partial charge in [-0.25, -0.2) is 0 Å². The summed E-state index contributed by atoms with van der Waals surface area (Å²) in [7, 11) is 0. The Balaban J connectivity index is 1.11. The van der Waals surface area contributed by atoms with Crippen LogP contribution in [0.3, 0.4) is 0 Å². The number of carbonyl (C=O) groups excluding carboxylic acids is 1. The van der Waals surface area contributed by atoms with E-state index in [0.717, 1.165) is 55.1 Å². The molecule has 33 heavy (non-hydrogen) atoms. The van der Waals surface area contributed by atoms with Gasteiger partial charge in [-0.1, -0.05) is 46.3 Å². The summed E-state index contributed by atoms with van der Waals surface area (Å²) in [5, 5.41) is 4.23. The molecule has 1 N–H and O–H groups in total. The summed E-state index contributed by atoms with van der Waals surface area (Å²) >= 11 is 5.00. The number of rotatable bonds is 6. The average Bonchev–Trinajstić information content (AvgIpc) is 3.28. The molecule has 1 saturated heterocycles. The Morgan fingerprint density at radius 2 is 1.76 bits per heavy atom. The number of hydrogen-bond donors (Lipinski definition) is 1. The van der Waals surface area contributed by atoms with Gasteiger partial charge in [-0.2, -0.15) is 4.37 Å². The third kappa shape index (κ3) is 5.27. The van der Waals surface area contributed by atoms with Gasteiger partial charge in [-0.3, -0.25) is 9.69 Å². The molecule has 0 atom stereocenters. The SMILES string of the molecule is O=C(Nc1ccc(CCN2CCN(c3nsc4ccccc34)CC2)cc1)c1cccc(Br)c1. The van der Waals surface area contributed by atoms with Crippen LogP contribution in [0.5, 0.6) is 0 Å². The van der Waals surface area contributed by atoms with E-state index in [1.165, 1.54) is 15.6 Å². The molecular weight excluding hydrogens is 496 g/mol. The molecule has 7 heteroatoms. The van der Waals surface area contributed by atoms with Crippen molar-refractivity contribution in [1.29, 1.82) is 0 Å². The molecule has 0 saturated carbocycles. The number of carbonyl (C=O) groups is 1. The Kier molecular flexibility index (Phi) is 6.71. The van der Waals surface area contributed by atoms with E-state index in [2.05, 4.69) is 67.4 Å². The van der Waals surface area contributed by atoms with Crippen LogP contribution in [-0.4, -0.2) is 47.9 Å². The highest BCUT2D eigenvalue weighted by molar-refractivity contribution is 9.10. The summed E-state index contributed by atoms with van der Waals surface area (Å²) in [6.45, 7) is 5.15. The molecule has 1 aromatic heterocycles. The molecule has 0 bridgehead atoms. The second-order valence-electron chi connectivity index (χ2n) is 8.24. The predicted octanol–water partition coefficient (Wildman–Crippen LogP) is 5.68. The number of aromatic nitrogens is 1. The second-order valence-corrected chi connectivity index (χ2v) is 9.96. The van der Waals surface area contributed by atoms with Crippen molar-refractivity contribution in [3.8, 4) is 0 Å². The first-order valence-corrected chi connectivity index (χ1v) is 12.7. The largest absolute Gasteiger partial charge is 0.353 e. The number of hydrogen-bond acceptors (Lipinski definition) is 5. The monoisotopic (exact) mass is 520 g/mol. The number of fused-ring (bicyclic) bond motifs is 1. The molecule has 3 aromatic carbocycles. The van der Waals surface area contributed by atoms with Crippen molar-refractivity contribution in [3.05, 3.63) is 88.4 Å². The van der Waals surface area contributed by atoms with E-state index in [1.54, 1.807) is 11.5 Å². The minimum atomic E-state index is -0.102. The van der Waals surface area contributed by atoms with Gasteiger partial charge in [0, 0.05) is 53.8 Å². The zero-order valence-corrected chi connectivity index (χ0v) is 20.6. The standard InChI is InChI=1S/C26H25BrN4OS/c27-21-5-3-4-20(18-21)26(32)28-22-10-8-19(9-11-22)12-13-30-14-16-31(17-15-30)25-23-6-1-2-7-24(23)33-29-25/h1-11,18H,12-17H2,(H,28,32). The van der Waals surface area contributed by atoms with Crippen molar-refractivity contribution >= 4 is 55.0 Å². The van der Waals surface area contributed by atoms with Crippen molar-refractivity contribution in [1.82, 2.24) is 9.27 Å². The van der Waals surface area contributed by atoms with Crippen LogP contribution >= 0.6 is 27.5 Å². The lowest BCUT2D eigenvalue weighted by Gasteiger charge is -2.35. The fourth-order valence-electron chi connectivity index (χ4n) is 4.16. The van der Waals surface area contributed by atoms with Gasteiger partial charge in [-0.15, -0.1) is 0 Å². The van der Waals surface area contributed by atoms with Gasteiger partial charge in [-0.05, 0) is 66.0 Å². The molecular formula is C26H25BrN4OS. The normalized spacial score (nSPS) is 14.5. The first kappa shape index (κ1) is 22.1. The van der Waals surface area contributed by atoms with Crippen molar-refractivity contribution in [2.24, 2.45) is 0 Å². The van der Waals surface area contributed by atoms with Gasteiger partial charge < -0.3 is 10.2 Å². The fourth-order valence-corrected chi connectivity index (χ4v) is 5.35. The average molecular weight is 521 g/mol. The lowest BCUT2D eigenvalue weighted by molar-refractivity contribution is 0.102. The summed E-state index contributed by atoms with van der Waals surface area (Å²) in [6.07, 6.45) is 0.999. The van der Waals surface area contributed by atoms with Gasteiger partial charge in [0.25, 0.3) is 5.91 Å². The number of halogens is 1. The van der Waals surface area contributed by atoms with Crippen LogP contribution < -0.4 is 10.2 Å². The zero-order chi connectivity index (χ0) is 22.6. The van der Waals surface area contributed by atoms with Gasteiger partial charge in [0.2, 0.25) is 0 Å². The Bertz CT molecular complexity index is 1250. The fraction of sp³-hybridized carbons (Fsp3) is 0.231. The third-order valence-electron chi connectivity index (χ3n) is 6.05. The van der Waals surface area contributed by atoms with Crippen LogP contribution in [-0.2, 0) is 6.42 Å². The highest BCUT2D eigenvalue weighted by Crippen LogP contribution is 2.29. The molecule has 4 aromatic rings. The first-order chi connectivity index (χ1) is 16.2. The zero-order valence-electron chi connectivity index (χ0n) is 18.2. The van der Waals surface area contributed by atoms with E-state index < -0.39 is 0 Å². The minimum absolute atomic E-state index is 0.102. The van der Waals surface area contributed by atoms with Crippen molar-refractivity contribution in [2.45, 2.75) is 6.42 Å². The topological polar surface area (TPSA) is 48.5 Å². The number of nitrogens with one attached hydrogen (secondary N) is 1. The Hall–Kier alpha value is -2.74. The number of anilines is 2. The summed E-state index contributed by atoms with van der Waals surface area (Å²) in [5.74, 6) is 1.03. The molecule has 1 aliphatic rings. The van der Waals surface area contributed by atoms with E-state index in [-0.39, 0.29) is 5.91 Å². The van der Waals surface area contributed by atoms with Crippen LogP contribution in [0.25, 0.3) is 10.1 Å². The summed E-state index contributed by atoms with van der Waals surface area (Å²) in [6, 6.07) is 24.1. The molecule has 0 aliphatic carbocycles. The van der Waals surface area contributed by atoms with Gasteiger partial charge in [0.05, 0.1) is 4.70 Å². The van der Waals surface area contributed by atoms with Crippen molar-refractivity contribution in [2.75, 3.05) is 42.9 Å². The quantitative estimate of drug-likeness (QED) is 0.355. The maximum absolute atomic E-state index is 12.4. The number of piperazine rings is 1. The highest BCUT2D eigenvalue weighted by atomic mass is 79.9. The van der Waals surface area contributed by atoms with Crippen LogP contribution in [0.4, 0.5) is 11.5 Å². The number of nitrogens with zero attached hydrogens (tertiary/aromatic N) is 3. The number of amides is 1. The van der Waals surface area contributed by atoms with Crippen LogP contribution in [0.2, 0.25) is 0 Å².